The van der Waals surface area contributed by atoms with Crippen LogP contribution in [-0.4, -0.2) is 48.3 Å². The SMILES string of the molecule is O=C(/C=C\c1ccc(N2CCOCC2)cc1)NCCCn1ccnc1. The lowest BCUT2D eigenvalue weighted by Crippen LogP contribution is -2.36. The Morgan fingerprint density at radius 3 is 2.76 bits per heavy atom. The van der Waals surface area contributed by atoms with E-state index < -0.39 is 0 Å². The number of hydrogen-bond acceptors (Lipinski definition) is 4. The number of carbonyl (C=O) groups excluding carboxylic acids is 1. The second-order valence-corrected chi connectivity index (χ2v) is 5.97. The van der Waals surface area contributed by atoms with Crippen molar-refractivity contribution in [1.82, 2.24) is 14.9 Å². The molecule has 0 spiro atoms. The van der Waals surface area contributed by atoms with Crippen LogP contribution in [0.4, 0.5) is 5.69 Å². The van der Waals surface area contributed by atoms with E-state index in [4.69, 9.17) is 4.74 Å². The van der Waals surface area contributed by atoms with E-state index in [1.54, 1.807) is 18.6 Å². The van der Waals surface area contributed by atoms with E-state index in [0.29, 0.717) is 6.54 Å². The number of anilines is 1. The highest BCUT2D eigenvalue weighted by molar-refractivity contribution is 5.91. The summed E-state index contributed by atoms with van der Waals surface area (Å²) in [6, 6.07) is 8.25. The number of hydrogen-bond donors (Lipinski definition) is 1. The Labute approximate surface area is 148 Å². The third-order valence-corrected chi connectivity index (χ3v) is 4.15. The highest BCUT2D eigenvalue weighted by atomic mass is 16.5. The number of imidazole rings is 1. The van der Waals surface area contributed by atoms with Crippen molar-refractivity contribution in [3.05, 3.63) is 54.6 Å². The molecule has 0 bridgehead atoms. The Morgan fingerprint density at radius 1 is 1.24 bits per heavy atom. The van der Waals surface area contributed by atoms with Gasteiger partial charge < -0.3 is 19.5 Å². The summed E-state index contributed by atoms with van der Waals surface area (Å²) in [4.78, 5) is 18.2. The summed E-state index contributed by atoms with van der Waals surface area (Å²) in [6.45, 7) is 4.92. The molecule has 0 unspecified atom stereocenters. The standard InChI is InChI=1S/C19H24N4O2/c24-19(21-8-1-10-22-11-9-20-16-22)7-4-17-2-5-18(6-3-17)23-12-14-25-15-13-23/h2-7,9,11,16H,1,8,10,12-15H2,(H,21,24)/b7-4-. The minimum Gasteiger partial charge on any atom is -0.378 e. The topological polar surface area (TPSA) is 59.4 Å². The average molecular weight is 340 g/mol. The van der Waals surface area contributed by atoms with Gasteiger partial charge in [0.1, 0.15) is 0 Å². The van der Waals surface area contributed by atoms with Crippen LogP contribution in [0.15, 0.2) is 49.1 Å². The van der Waals surface area contributed by atoms with Crippen molar-refractivity contribution in [2.45, 2.75) is 13.0 Å². The molecule has 1 fully saturated rings. The number of morpholine rings is 1. The zero-order chi connectivity index (χ0) is 17.3. The van der Waals surface area contributed by atoms with Gasteiger partial charge in [0, 0.05) is 50.3 Å². The molecular formula is C19H24N4O2. The first-order chi connectivity index (χ1) is 12.3. The molecule has 1 amide bonds. The Hall–Kier alpha value is -2.60. The van der Waals surface area contributed by atoms with Crippen molar-refractivity contribution in [2.75, 3.05) is 37.7 Å². The summed E-state index contributed by atoms with van der Waals surface area (Å²) in [5.74, 6) is -0.0668. The molecule has 3 rings (SSSR count). The molecule has 1 aromatic carbocycles. The van der Waals surface area contributed by atoms with E-state index in [9.17, 15) is 4.79 Å². The van der Waals surface area contributed by atoms with E-state index >= 15 is 0 Å². The zero-order valence-electron chi connectivity index (χ0n) is 14.3. The molecule has 6 heteroatoms. The van der Waals surface area contributed by atoms with Crippen molar-refractivity contribution < 1.29 is 9.53 Å². The normalized spacial score (nSPS) is 14.8. The van der Waals surface area contributed by atoms with Gasteiger partial charge in [-0.3, -0.25) is 4.79 Å². The monoisotopic (exact) mass is 340 g/mol. The van der Waals surface area contributed by atoms with Crippen molar-refractivity contribution >= 4 is 17.7 Å². The molecule has 2 heterocycles. The number of aromatic nitrogens is 2. The van der Waals surface area contributed by atoms with E-state index in [-0.39, 0.29) is 5.91 Å². The van der Waals surface area contributed by atoms with Crippen LogP contribution in [0.3, 0.4) is 0 Å². The van der Waals surface area contributed by atoms with E-state index in [2.05, 4.69) is 27.3 Å². The molecule has 2 aromatic rings. The van der Waals surface area contributed by atoms with Crippen LogP contribution in [-0.2, 0) is 16.1 Å². The summed E-state index contributed by atoms with van der Waals surface area (Å²) < 4.78 is 7.37. The van der Waals surface area contributed by atoms with E-state index in [0.717, 1.165) is 44.8 Å². The maximum absolute atomic E-state index is 11.9. The largest absolute Gasteiger partial charge is 0.378 e. The van der Waals surface area contributed by atoms with E-state index in [1.807, 2.05) is 29.0 Å². The first-order valence-electron chi connectivity index (χ1n) is 8.66. The molecule has 0 radical (unpaired) electrons. The number of benzene rings is 1. The van der Waals surface area contributed by atoms with Gasteiger partial charge in [-0.2, -0.15) is 0 Å². The minimum absolute atomic E-state index is 0.0668. The molecule has 6 nitrogen and oxygen atoms in total. The Bertz CT molecular complexity index is 674. The maximum atomic E-state index is 11.9. The Kier molecular flexibility index (Phi) is 6.23. The summed E-state index contributed by atoms with van der Waals surface area (Å²) in [6.07, 6.45) is 9.76. The number of nitrogens with one attached hydrogen (secondary N) is 1. The molecule has 25 heavy (non-hydrogen) atoms. The van der Waals surface area contributed by atoms with Crippen molar-refractivity contribution in [1.29, 1.82) is 0 Å². The van der Waals surface area contributed by atoms with Crippen molar-refractivity contribution in [3.63, 3.8) is 0 Å². The second kappa shape index (κ2) is 9.03. The van der Waals surface area contributed by atoms with Crippen LogP contribution in [0.25, 0.3) is 6.08 Å². The highest BCUT2D eigenvalue weighted by Gasteiger charge is 2.10. The summed E-state index contributed by atoms with van der Waals surface area (Å²) in [5.41, 5.74) is 2.22. The summed E-state index contributed by atoms with van der Waals surface area (Å²) in [5, 5.41) is 2.90. The number of carbonyl (C=O) groups is 1. The molecule has 1 saturated heterocycles. The zero-order valence-corrected chi connectivity index (χ0v) is 14.3. The van der Waals surface area contributed by atoms with Gasteiger partial charge in [0.2, 0.25) is 5.91 Å². The lowest BCUT2D eigenvalue weighted by Gasteiger charge is -2.28. The van der Waals surface area contributed by atoms with Crippen LogP contribution in [0, 0.1) is 0 Å². The quantitative estimate of drug-likeness (QED) is 0.618. The lowest BCUT2D eigenvalue weighted by molar-refractivity contribution is -0.116. The first-order valence-corrected chi connectivity index (χ1v) is 8.66. The van der Waals surface area contributed by atoms with Crippen molar-refractivity contribution in [2.24, 2.45) is 0 Å². The van der Waals surface area contributed by atoms with Gasteiger partial charge in [0.25, 0.3) is 0 Å². The van der Waals surface area contributed by atoms with E-state index in [1.165, 1.54) is 5.69 Å². The lowest BCUT2D eigenvalue weighted by atomic mass is 10.1. The van der Waals surface area contributed by atoms with Gasteiger partial charge in [-0.05, 0) is 30.2 Å². The molecular weight excluding hydrogens is 316 g/mol. The number of ether oxygens (including phenoxy) is 1. The smallest absolute Gasteiger partial charge is 0.244 e. The van der Waals surface area contributed by atoms with Crippen LogP contribution >= 0.6 is 0 Å². The fraction of sp³-hybridized carbons (Fsp3) is 0.368. The average Bonchev–Trinajstić information content (AvgIpc) is 3.18. The predicted octanol–water partition coefficient (Wildman–Crippen LogP) is 1.94. The second-order valence-electron chi connectivity index (χ2n) is 5.97. The minimum atomic E-state index is -0.0668. The Balaban J connectivity index is 1.40. The fourth-order valence-electron chi connectivity index (χ4n) is 2.74. The molecule has 0 atom stereocenters. The van der Waals surface area contributed by atoms with Gasteiger partial charge in [-0.1, -0.05) is 12.1 Å². The van der Waals surface area contributed by atoms with Crippen LogP contribution in [0.5, 0.6) is 0 Å². The number of aryl methyl sites for hydroxylation is 1. The maximum Gasteiger partial charge on any atom is 0.244 e. The van der Waals surface area contributed by atoms with Gasteiger partial charge in [-0.15, -0.1) is 0 Å². The number of rotatable bonds is 7. The first kappa shape index (κ1) is 17.2. The van der Waals surface area contributed by atoms with Crippen LogP contribution in [0.1, 0.15) is 12.0 Å². The van der Waals surface area contributed by atoms with Crippen LogP contribution in [0.2, 0.25) is 0 Å². The molecule has 1 N–H and O–H groups in total. The third kappa shape index (κ3) is 5.46. The molecule has 1 aromatic heterocycles. The number of nitrogens with zero attached hydrogens (tertiary/aromatic N) is 3. The summed E-state index contributed by atoms with van der Waals surface area (Å²) >= 11 is 0. The Morgan fingerprint density at radius 2 is 2.04 bits per heavy atom. The van der Waals surface area contributed by atoms with Gasteiger partial charge in [-0.25, -0.2) is 4.98 Å². The molecule has 0 aliphatic carbocycles. The summed E-state index contributed by atoms with van der Waals surface area (Å²) in [7, 11) is 0. The fourth-order valence-corrected chi connectivity index (χ4v) is 2.74. The van der Waals surface area contributed by atoms with Gasteiger partial charge in [0.05, 0.1) is 19.5 Å². The predicted molar refractivity (Wildman–Crippen MR) is 98.4 cm³/mol. The van der Waals surface area contributed by atoms with Gasteiger partial charge in [0.15, 0.2) is 0 Å². The van der Waals surface area contributed by atoms with Gasteiger partial charge >= 0.3 is 0 Å². The van der Waals surface area contributed by atoms with Crippen LogP contribution < -0.4 is 10.2 Å². The highest BCUT2D eigenvalue weighted by Crippen LogP contribution is 2.17. The molecule has 0 saturated carbocycles. The number of amides is 1. The molecule has 1 aliphatic rings. The van der Waals surface area contributed by atoms with Crippen molar-refractivity contribution in [3.8, 4) is 0 Å². The molecule has 132 valence electrons. The molecule has 1 aliphatic heterocycles. The third-order valence-electron chi connectivity index (χ3n) is 4.15.